The number of allylic oxidation sites excluding steroid dienone is 12. The Balaban J connectivity index is 4.06. The summed E-state index contributed by atoms with van der Waals surface area (Å²) in [5.41, 5.74) is 0. The van der Waals surface area contributed by atoms with Crippen LogP contribution in [0.5, 0.6) is 0 Å². The molecule has 0 heterocycles. The van der Waals surface area contributed by atoms with E-state index in [2.05, 4.69) is 93.7 Å². The summed E-state index contributed by atoms with van der Waals surface area (Å²) in [7, 11) is 0. The van der Waals surface area contributed by atoms with E-state index in [1.807, 2.05) is 0 Å². The molecular formula is C62H108O6. The number of hydrogen-bond donors (Lipinski definition) is 0. The lowest BCUT2D eigenvalue weighted by Gasteiger charge is -2.18. The van der Waals surface area contributed by atoms with E-state index < -0.39 is 6.10 Å². The Morgan fingerprint density at radius 3 is 0.926 bits per heavy atom. The predicted molar refractivity (Wildman–Crippen MR) is 293 cm³/mol. The van der Waals surface area contributed by atoms with Gasteiger partial charge >= 0.3 is 17.9 Å². The SMILES string of the molecule is CC/C=C\C/C=C\C/C=C\C/C=C\CCCCC(=O)OC(COC(=O)CCCCCCCC)COC(=O)CCCCCCCCCCCCCCCCCCC/C=C\C/C=C\CCCCCCC. The van der Waals surface area contributed by atoms with Crippen molar-refractivity contribution < 1.29 is 28.6 Å². The average molecular weight is 950 g/mol. The lowest BCUT2D eigenvalue weighted by Crippen LogP contribution is -2.30. The van der Waals surface area contributed by atoms with Gasteiger partial charge in [-0.15, -0.1) is 0 Å². The fourth-order valence-electron chi connectivity index (χ4n) is 8.11. The molecule has 6 nitrogen and oxygen atoms in total. The number of unbranched alkanes of at least 4 members (excludes halogenated alkanes) is 29. The van der Waals surface area contributed by atoms with E-state index in [4.69, 9.17) is 14.2 Å². The molecule has 0 aliphatic heterocycles. The van der Waals surface area contributed by atoms with Crippen LogP contribution in [-0.4, -0.2) is 37.2 Å². The first-order chi connectivity index (χ1) is 33.5. The largest absolute Gasteiger partial charge is 0.462 e. The second kappa shape index (κ2) is 56.4. The van der Waals surface area contributed by atoms with Crippen molar-refractivity contribution in [3.63, 3.8) is 0 Å². The van der Waals surface area contributed by atoms with Crippen LogP contribution in [0.25, 0.3) is 0 Å². The summed E-state index contributed by atoms with van der Waals surface area (Å²) in [5, 5.41) is 0. The molecule has 0 radical (unpaired) electrons. The maximum absolute atomic E-state index is 12.7. The van der Waals surface area contributed by atoms with Crippen molar-refractivity contribution in [3.8, 4) is 0 Å². The monoisotopic (exact) mass is 949 g/mol. The first-order valence-corrected chi connectivity index (χ1v) is 28.9. The zero-order valence-electron chi connectivity index (χ0n) is 44.9. The molecular weight excluding hydrogens is 841 g/mol. The third-order valence-electron chi connectivity index (χ3n) is 12.4. The smallest absolute Gasteiger partial charge is 0.306 e. The maximum atomic E-state index is 12.7. The molecule has 0 saturated carbocycles. The van der Waals surface area contributed by atoms with Gasteiger partial charge < -0.3 is 14.2 Å². The molecule has 0 fully saturated rings. The highest BCUT2D eigenvalue weighted by molar-refractivity contribution is 5.71. The molecule has 0 rings (SSSR count). The van der Waals surface area contributed by atoms with Crippen molar-refractivity contribution in [2.45, 2.75) is 290 Å². The molecule has 0 aliphatic carbocycles. The topological polar surface area (TPSA) is 78.9 Å². The number of carbonyl (C=O) groups is 3. The van der Waals surface area contributed by atoms with Gasteiger partial charge in [0.05, 0.1) is 0 Å². The van der Waals surface area contributed by atoms with E-state index in [0.29, 0.717) is 19.3 Å². The average Bonchev–Trinajstić information content (AvgIpc) is 3.34. The lowest BCUT2D eigenvalue weighted by molar-refractivity contribution is -0.167. The first-order valence-electron chi connectivity index (χ1n) is 28.9. The molecule has 0 saturated heterocycles. The highest BCUT2D eigenvalue weighted by Gasteiger charge is 2.19. The summed E-state index contributed by atoms with van der Waals surface area (Å²) in [6.07, 6.45) is 72.3. The van der Waals surface area contributed by atoms with Gasteiger partial charge in [0.15, 0.2) is 6.10 Å². The molecule has 0 bridgehead atoms. The molecule has 0 aromatic carbocycles. The Morgan fingerprint density at radius 2 is 0.574 bits per heavy atom. The van der Waals surface area contributed by atoms with E-state index in [-0.39, 0.29) is 37.5 Å². The maximum Gasteiger partial charge on any atom is 0.306 e. The van der Waals surface area contributed by atoms with Crippen LogP contribution in [0, 0.1) is 0 Å². The molecule has 0 aromatic rings. The van der Waals surface area contributed by atoms with Crippen LogP contribution in [0.2, 0.25) is 0 Å². The Kier molecular flexibility index (Phi) is 53.8. The van der Waals surface area contributed by atoms with Crippen molar-refractivity contribution in [2.75, 3.05) is 13.2 Å². The zero-order valence-corrected chi connectivity index (χ0v) is 44.9. The highest BCUT2D eigenvalue weighted by atomic mass is 16.6. The van der Waals surface area contributed by atoms with Crippen molar-refractivity contribution in [2.24, 2.45) is 0 Å². The number of hydrogen-bond acceptors (Lipinski definition) is 6. The summed E-state index contributed by atoms with van der Waals surface area (Å²) < 4.78 is 16.7. The molecule has 392 valence electrons. The van der Waals surface area contributed by atoms with Crippen LogP contribution < -0.4 is 0 Å². The number of rotatable bonds is 52. The van der Waals surface area contributed by atoms with Crippen LogP contribution in [0.3, 0.4) is 0 Å². The minimum Gasteiger partial charge on any atom is -0.462 e. The minimum absolute atomic E-state index is 0.0902. The van der Waals surface area contributed by atoms with Gasteiger partial charge in [0.1, 0.15) is 13.2 Å². The van der Waals surface area contributed by atoms with E-state index in [9.17, 15) is 14.4 Å². The molecule has 0 aliphatic rings. The molecule has 68 heavy (non-hydrogen) atoms. The summed E-state index contributed by atoms with van der Waals surface area (Å²) in [6, 6.07) is 0. The first kappa shape index (κ1) is 64.8. The summed E-state index contributed by atoms with van der Waals surface area (Å²) >= 11 is 0. The van der Waals surface area contributed by atoms with E-state index >= 15 is 0 Å². The van der Waals surface area contributed by atoms with Gasteiger partial charge in [-0.25, -0.2) is 0 Å². The Morgan fingerprint density at radius 1 is 0.309 bits per heavy atom. The zero-order chi connectivity index (χ0) is 49.3. The number of carbonyl (C=O) groups excluding carboxylic acids is 3. The van der Waals surface area contributed by atoms with Gasteiger partial charge in [-0.1, -0.05) is 248 Å². The van der Waals surface area contributed by atoms with Crippen LogP contribution in [-0.2, 0) is 28.6 Å². The second-order valence-electron chi connectivity index (χ2n) is 19.2. The quantitative estimate of drug-likeness (QED) is 0.0262. The van der Waals surface area contributed by atoms with Crippen molar-refractivity contribution >= 4 is 17.9 Å². The van der Waals surface area contributed by atoms with Gasteiger partial charge in [0.25, 0.3) is 0 Å². The normalized spacial score (nSPS) is 12.6. The summed E-state index contributed by atoms with van der Waals surface area (Å²) in [4.78, 5) is 37.8. The third kappa shape index (κ3) is 53.8. The van der Waals surface area contributed by atoms with E-state index in [1.54, 1.807) is 0 Å². The molecule has 0 N–H and O–H groups in total. The Bertz CT molecular complexity index is 1270. The Labute approximate surface area is 421 Å². The van der Waals surface area contributed by atoms with E-state index in [0.717, 1.165) is 83.5 Å². The molecule has 0 aromatic heterocycles. The molecule has 6 heteroatoms. The molecule has 0 spiro atoms. The Hall–Kier alpha value is -3.15. The van der Waals surface area contributed by atoms with Crippen LogP contribution in [0.4, 0.5) is 0 Å². The van der Waals surface area contributed by atoms with Gasteiger partial charge in [0.2, 0.25) is 0 Å². The highest BCUT2D eigenvalue weighted by Crippen LogP contribution is 2.16. The minimum atomic E-state index is -0.792. The number of ether oxygens (including phenoxy) is 3. The molecule has 1 unspecified atom stereocenters. The molecule has 1 atom stereocenters. The third-order valence-corrected chi connectivity index (χ3v) is 12.4. The molecule has 0 amide bonds. The van der Waals surface area contributed by atoms with Crippen LogP contribution in [0.1, 0.15) is 284 Å². The fourth-order valence-corrected chi connectivity index (χ4v) is 8.11. The number of esters is 3. The lowest BCUT2D eigenvalue weighted by atomic mass is 10.0. The van der Waals surface area contributed by atoms with Gasteiger partial charge in [0, 0.05) is 19.3 Å². The predicted octanol–water partition coefficient (Wildman–Crippen LogP) is 19.4. The van der Waals surface area contributed by atoms with Crippen molar-refractivity contribution in [1.82, 2.24) is 0 Å². The van der Waals surface area contributed by atoms with Crippen LogP contribution >= 0.6 is 0 Å². The van der Waals surface area contributed by atoms with Crippen LogP contribution in [0.15, 0.2) is 72.9 Å². The standard InChI is InChI=1S/C62H108O6/c1-4-7-10-13-16-18-20-22-24-25-26-27-28-29-30-31-32-33-34-35-36-37-39-40-42-44-46-49-52-55-61(64)67-58-59(57-66-60(63)54-51-48-15-12-9-6-3)68-62(65)56-53-50-47-45-43-41-38-23-21-19-17-14-11-8-5-2/h8,11,17,19-20,22-23,25-26,38,43,45,59H,4-7,9-10,12-16,18,21,24,27-37,39-42,44,46-58H2,1-3H3/b11-8-,19-17-,22-20-,26-25-,38-23-,45-43-. The summed E-state index contributed by atoms with van der Waals surface area (Å²) in [5.74, 6) is -0.936. The van der Waals surface area contributed by atoms with E-state index in [1.165, 1.54) is 154 Å². The summed E-state index contributed by atoms with van der Waals surface area (Å²) in [6.45, 7) is 6.43. The fraction of sp³-hybridized carbons (Fsp3) is 0.758. The van der Waals surface area contributed by atoms with Gasteiger partial charge in [-0.3, -0.25) is 14.4 Å². The van der Waals surface area contributed by atoms with Crippen molar-refractivity contribution in [3.05, 3.63) is 72.9 Å². The van der Waals surface area contributed by atoms with Crippen molar-refractivity contribution in [1.29, 1.82) is 0 Å². The van der Waals surface area contributed by atoms with Gasteiger partial charge in [-0.2, -0.15) is 0 Å². The van der Waals surface area contributed by atoms with Gasteiger partial charge in [-0.05, 0) is 89.9 Å². The second-order valence-corrected chi connectivity index (χ2v) is 19.2.